The molecule has 0 aromatic heterocycles. The van der Waals surface area contributed by atoms with E-state index in [2.05, 4.69) is 12.2 Å². The highest BCUT2D eigenvalue weighted by Crippen LogP contribution is 1.49. The number of nitrogens with two attached hydrogens (primary N) is 1. The van der Waals surface area contributed by atoms with Crippen molar-refractivity contribution in [1.29, 1.82) is 0 Å². The van der Waals surface area contributed by atoms with Crippen LogP contribution in [0.15, 0.2) is 0 Å². The molecule has 4 N–H and O–H groups in total. The molecule has 0 aromatic rings. The molecular formula is CH5N3O2S2. The van der Waals surface area contributed by atoms with E-state index in [0.29, 0.717) is 0 Å². The van der Waals surface area contributed by atoms with Gasteiger partial charge in [-0.05, 0) is 12.2 Å². The molecule has 0 atom stereocenters. The maximum Gasteiger partial charge on any atom is 0.218 e. The number of hydrogen-bond acceptors (Lipinski definition) is 3. The molecule has 0 radical (unpaired) electrons. The van der Waals surface area contributed by atoms with E-state index in [-0.39, 0.29) is 5.11 Å². The summed E-state index contributed by atoms with van der Waals surface area (Å²) in [7, 11) is -2.66. The molecule has 8 heavy (non-hydrogen) atoms. The van der Waals surface area contributed by atoms with Gasteiger partial charge in [-0.15, -0.1) is 4.83 Å². The fourth-order valence-corrected chi connectivity index (χ4v) is 0.439. The quantitative estimate of drug-likeness (QED) is 0.208. The smallest absolute Gasteiger partial charge is 0.218 e. The summed E-state index contributed by atoms with van der Waals surface area (Å²) in [6, 6.07) is 0. The second-order valence-electron chi connectivity index (χ2n) is 0.858. The lowest BCUT2D eigenvalue weighted by Crippen LogP contribution is -2.39. The van der Waals surface area contributed by atoms with E-state index in [1.165, 1.54) is 0 Å². The number of hydrogen-bond donors (Lipinski definition) is 4. The van der Waals surface area contributed by atoms with Gasteiger partial charge in [-0.1, -0.05) is 0 Å². The average Bonchev–Trinajstić information content (AvgIpc) is 1.61. The summed E-state index contributed by atoms with van der Waals surface area (Å²) in [5, 5.41) is -0.107. The molecule has 0 heterocycles. The van der Waals surface area contributed by atoms with Crippen LogP contribution in [0.4, 0.5) is 0 Å². The van der Waals surface area contributed by atoms with Gasteiger partial charge in [-0.25, -0.2) is 8.42 Å². The van der Waals surface area contributed by atoms with Crippen LogP contribution in [-0.2, 0) is 10.9 Å². The number of hydrazine groups is 1. The van der Waals surface area contributed by atoms with Gasteiger partial charge in [-0.2, -0.15) is 0 Å². The Morgan fingerprint density at radius 1 is 1.62 bits per heavy atom. The van der Waals surface area contributed by atoms with Crippen molar-refractivity contribution in [3.63, 3.8) is 0 Å². The van der Waals surface area contributed by atoms with Gasteiger partial charge in [0.25, 0.3) is 0 Å². The van der Waals surface area contributed by atoms with Gasteiger partial charge in [0.15, 0.2) is 5.11 Å². The zero-order valence-electron chi connectivity index (χ0n) is 3.75. The molecule has 7 heteroatoms. The van der Waals surface area contributed by atoms with E-state index in [9.17, 15) is 8.42 Å². The molecule has 0 saturated carbocycles. The van der Waals surface area contributed by atoms with Crippen molar-refractivity contribution in [1.82, 2.24) is 10.3 Å². The molecule has 0 aliphatic heterocycles. The molecule has 0 amide bonds. The molecule has 0 bridgehead atoms. The van der Waals surface area contributed by atoms with Crippen molar-refractivity contribution >= 4 is 28.2 Å². The fraction of sp³-hybridized carbons (Fsp3) is 0. The van der Waals surface area contributed by atoms with E-state index in [1.54, 1.807) is 4.83 Å². The van der Waals surface area contributed by atoms with Crippen molar-refractivity contribution in [3.8, 4) is 0 Å². The van der Waals surface area contributed by atoms with E-state index in [0.717, 1.165) is 0 Å². The van der Waals surface area contributed by atoms with Gasteiger partial charge < -0.3 is 5.73 Å². The lowest BCUT2D eigenvalue weighted by Gasteiger charge is -1.94. The third kappa shape index (κ3) is 5.60. The Morgan fingerprint density at radius 2 is 2.12 bits per heavy atom. The number of nitrogens with one attached hydrogen (secondary N) is 2. The summed E-state index contributed by atoms with van der Waals surface area (Å²) in [6.07, 6.45) is 0. The van der Waals surface area contributed by atoms with Gasteiger partial charge in [0, 0.05) is 0 Å². The predicted molar refractivity (Wildman–Crippen MR) is 33.4 cm³/mol. The zero-order valence-corrected chi connectivity index (χ0v) is 5.46. The second-order valence-corrected chi connectivity index (χ2v) is 2.04. The Bertz CT molecular complexity index is 143. The van der Waals surface area contributed by atoms with Crippen LogP contribution in [-0.4, -0.2) is 13.5 Å². The summed E-state index contributed by atoms with van der Waals surface area (Å²) in [5.74, 6) is 0. The molecule has 48 valence electrons. The highest BCUT2D eigenvalue weighted by molar-refractivity contribution is 7.80. The third-order valence-electron chi connectivity index (χ3n) is 0.270. The van der Waals surface area contributed by atoms with E-state index in [1.807, 2.05) is 5.43 Å². The topological polar surface area (TPSA) is 84.2 Å². The Labute approximate surface area is 53.3 Å². The fourth-order valence-electron chi connectivity index (χ4n) is 0.101. The van der Waals surface area contributed by atoms with E-state index >= 15 is 0 Å². The first-order valence-electron chi connectivity index (χ1n) is 1.58. The second kappa shape index (κ2) is 3.58. The Kier molecular flexibility index (Phi) is 3.40. The van der Waals surface area contributed by atoms with Gasteiger partial charge in [0.05, 0.1) is 0 Å². The van der Waals surface area contributed by atoms with Crippen molar-refractivity contribution < 1.29 is 8.42 Å². The highest BCUT2D eigenvalue weighted by Gasteiger charge is 1.81. The van der Waals surface area contributed by atoms with Crippen molar-refractivity contribution in [2.24, 2.45) is 5.73 Å². The minimum atomic E-state index is -2.66. The first-order valence-corrected chi connectivity index (χ1v) is 3.17. The summed E-state index contributed by atoms with van der Waals surface area (Å²) in [6.45, 7) is 0. The SMILES string of the molecule is NC(=S)NN[SH](=O)=O. The largest absolute Gasteiger partial charge is 0.375 e. The lowest BCUT2D eigenvalue weighted by atomic mass is 11.2. The summed E-state index contributed by atoms with van der Waals surface area (Å²) >= 11 is 4.25. The zero-order chi connectivity index (χ0) is 6.57. The van der Waals surface area contributed by atoms with Gasteiger partial charge in [0.1, 0.15) is 0 Å². The van der Waals surface area contributed by atoms with Crippen LogP contribution in [0.2, 0.25) is 0 Å². The van der Waals surface area contributed by atoms with E-state index < -0.39 is 10.9 Å². The van der Waals surface area contributed by atoms with E-state index in [4.69, 9.17) is 5.73 Å². The molecule has 5 nitrogen and oxygen atoms in total. The van der Waals surface area contributed by atoms with Gasteiger partial charge in [-0.3, -0.25) is 5.43 Å². The molecule has 0 fully saturated rings. The summed E-state index contributed by atoms with van der Waals surface area (Å²) in [5.41, 5.74) is 6.84. The summed E-state index contributed by atoms with van der Waals surface area (Å²) < 4.78 is 19.3. The lowest BCUT2D eigenvalue weighted by molar-refractivity contribution is 0.598. The normalized spacial score (nSPS) is 9.12. The molecular weight excluding hydrogens is 150 g/mol. The van der Waals surface area contributed by atoms with Crippen LogP contribution in [0.25, 0.3) is 0 Å². The van der Waals surface area contributed by atoms with Gasteiger partial charge >= 0.3 is 0 Å². The number of rotatable bonds is 2. The molecule has 0 spiro atoms. The Hall–Kier alpha value is -0.400. The molecule has 0 aliphatic rings. The maximum atomic E-state index is 9.65. The number of thiocarbonyl (C=S) groups is 1. The predicted octanol–water partition coefficient (Wildman–Crippen LogP) is -2.15. The molecule has 0 rings (SSSR count). The maximum absolute atomic E-state index is 9.65. The van der Waals surface area contributed by atoms with Gasteiger partial charge in [0.2, 0.25) is 10.9 Å². The number of thiol groups is 1. The van der Waals surface area contributed by atoms with Crippen LogP contribution in [0.3, 0.4) is 0 Å². The Morgan fingerprint density at radius 3 is 2.25 bits per heavy atom. The van der Waals surface area contributed by atoms with Crippen LogP contribution < -0.4 is 16.0 Å². The van der Waals surface area contributed by atoms with Crippen molar-refractivity contribution in [2.75, 3.05) is 0 Å². The average molecular weight is 155 g/mol. The molecule has 0 aromatic carbocycles. The minimum absolute atomic E-state index is 0.107. The van der Waals surface area contributed by atoms with Crippen molar-refractivity contribution in [3.05, 3.63) is 0 Å². The standard InChI is InChI=1S/CH5N3O2S2/c2-1(7)3-4-8(5)6/h8H,(H3,2,3,7)(H,4,5,6). The van der Waals surface area contributed by atoms with Crippen LogP contribution in [0.1, 0.15) is 0 Å². The third-order valence-corrected chi connectivity index (χ3v) is 0.667. The molecule has 0 aliphatic carbocycles. The van der Waals surface area contributed by atoms with Crippen LogP contribution >= 0.6 is 12.2 Å². The minimum Gasteiger partial charge on any atom is -0.375 e. The van der Waals surface area contributed by atoms with Crippen LogP contribution in [0, 0.1) is 0 Å². The monoisotopic (exact) mass is 155 g/mol. The van der Waals surface area contributed by atoms with Crippen LogP contribution in [0.5, 0.6) is 0 Å². The summed E-state index contributed by atoms with van der Waals surface area (Å²) in [4.78, 5) is 1.78. The first-order chi connectivity index (χ1) is 3.63. The molecule has 0 saturated heterocycles. The van der Waals surface area contributed by atoms with Crippen molar-refractivity contribution in [2.45, 2.75) is 0 Å². The first kappa shape index (κ1) is 7.60. The Balaban J connectivity index is 3.32. The molecule has 0 unspecified atom stereocenters. The highest BCUT2D eigenvalue weighted by atomic mass is 32.2.